The molecule has 2 aromatic carbocycles. The molecular weight excluding hydrogens is 502 g/mol. The Kier molecular flexibility index (Phi) is 7.39. The van der Waals surface area contributed by atoms with Crippen molar-refractivity contribution in [3.8, 4) is 5.69 Å². The molecule has 0 fully saturated rings. The van der Waals surface area contributed by atoms with Gasteiger partial charge in [-0.05, 0) is 52.0 Å². The minimum Gasteiger partial charge on any atom is -0.301 e. The number of aromatic nitrogens is 4. The molecule has 1 amide bonds. The van der Waals surface area contributed by atoms with Crippen LogP contribution in [0.5, 0.6) is 0 Å². The van der Waals surface area contributed by atoms with Gasteiger partial charge in [-0.25, -0.2) is 13.4 Å². The summed E-state index contributed by atoms with van der Waals surface area (Å²) >= 11 is 2.63. The van der Waals surface area contributed by atoms with Crippen molar-refractivity contribution < 1.29 is 13.2 Å². The van der Waals surface area contributed by atoms with Gasteiger partial charge in [-0.2, -0.15) is 0 Å². The minimum atomic E-state index is -3.65. The van der Waals surface area contributed by atoms with Gasteiger partial charge >= 0.3 is 0 Å². The number of anilines is 1. The number of rotatable bonds is 8. The Morgan fingerprint density at radius 2 is 1.74 bits per heavy atom. The lowest BCUT2D eigenvalue weighted by atomic mass is 10.2. The van der Waals surface area contributed by atoms with Gasteiger partial charge in [0.1, 0.15) is 5.75 Å². The Bertz CT molecular complexity index is 1430. The molecule has 4 aromatic rings. The first-order valence-corrected chi connectivity index (χ1v) is 14.2. The van der Waals surface area contributed by atoms with Gasteiger partial charge in [0.25, 0.3) is 0 Å². The Balaban J connectivity index is 1.61. The first-order chi connectivity index (χ1) is 16.6. The molecule has 4 rings (SSSR count). The molecule has 1 unspecified atom stereocenters. The van der Waals surface area contributed by atoms with Crippen LogP contribution in [0.3, 0.4) is 0 Å². The molecule has 0 saturated heterocycles. The number of nitrogens with zero attached hydrogens (tertiary/aromatic N) is 4. The van der Waals surface area contributed by atoms with E-state index in [9.17, 15) is 13.2 Å². The topological polar surface area (TPSA) is 107 Å². The predicted octanol–water partition coefficient (Wildman–Crippen LogP) is 4.74. The lowest BCUT2D eigenvalue weighted by molar-refractivity contribution is -0.115. The predicted molar refractivity (Wildman–Crippen MR) is 139 cm³/mol. The highest BCUT2D eigenvalue weighted by Crippen LogP contribution is 2.29. The number of hydrogen-bond donors (Lipinski definition) is 1. The Morgan fingerprint density at radius 1 is 1.06 bits per heavy atom. The summed E-state index contributed by atoms with van der Waals surface area (Å²) < 4.78 is 27.9. The molecule has 11 heteroatoms. The van der Waals surface area contributed by atoms with Crippen molar-refractivity contribution in [3.63, 3.8) is 0 Å². The van der Waals surface area contributed by atoms with Crippen LogP contribution >= 0.6 is 23.1 Å². The molecule has 2 aromatic heterocycles. The molecule has 1 atom stereocenters. The van der Waals surface area contributed by atoms with E-state index in [2.05, 4.69) is 20.5 Å². The van der Waals surface area contributed by atoms with E-state index in [1.54, 1.807) is 35.8 Å². The van der Waals surface area contributed by atoms with E-state index < -0.39 is 15.1 Å². The molecule has 182 valence electrons. The third-order valence-electron chi connectivity index (χ3n) is 5.32. The maximum atomic E-state index is 13.1. The van der Waals surface area contributed by atoms with Gasteiger partial charge in [0.15, 0.2) is 25.9 Å². The lowest BCUT2D eigenvalue weighted by Gasteiger charge is -2.13. The molecule has 0 spiro atoms. The maximum absolute atomic E-state index is 13.1. The average molecular weight is 528 g/mol. The van der Waals surface area contributed by atoms with Crippen LogP contribution in [-0.2, 0) is 20.4 Å². The van der Waals surface area contributed by atoms with Crippen molar-refractivity contribution in [2.45, 2.75) is 48.7 Å². The lowest BCUT2D eigenvalue weighted by Crippen LogP contribution is -2.23. The molecular formula is C24H25N5O3S3. The molecule has 1 N–H and O–H groups in total. The van der Waals surface area contributed by atoms with E-state index in [1.165, 1.54) is 23.1 Å². The van der Waals surface area contributed by atoms with Crippen molar-refractivity contribution in [1.29, 1.82) is 0 Å². The quantitative estimate of drug-likeness (QED) is 0.330. The van der Waals surface area contributed by atoms with Gasteiger partial charge in [-0.1, -0.05) is 47.7 Å². The zero-order valence-corrected chi connectivity index (χ0v) is 22.2. The van der Waals surface area contributed by atoms with E-state index in [4.69, 9.17) is 0 Å². The molecule has 0 aliphatic carbocycles. The van der Waals surface area contributed by atoms with Gasteiger partial charge in [0.2, 0.25) is 5.91 Å². The second-order valence-electron chi connectivity index (χ2n) is 8.05. The highest BCUT2D eigenvalue weighted by Gasteiger charge is 2.25. The highest BCUT2D eigenvalue weighted by molar-refractivity contribution is 8.00. The molecule has 35 heavy (non-hydrogen) atoms. The van der Waals surface area contributed by atoms with Crippen LogP contribution in [0.25, 0.3) is 5.69 Å². The maximum Gasteiger partial charge on any atom is 0.239 e. The average Bonchev–Trinajstić information content (AvgIpc) is 3.35. The van der Waals surface area contributed by atoms with Crippen LogP contribution in [0, 0.1) is 20.8 Å². The number of sulfone groups is 1. The first kappa shape index (κ1) is 25.1. The molecule has 0 aliphatic heterocycles. The third-order valence-corrected chi connectivity index (χ3v) is 8.98. The summed E-state index contributed by atoms with van der Waals surface area (Å²) in [6, 6.07) is 16.0. The summed E-state index contributed by atoms with van der Waals surface area (Å²) in [7, 11) is -3.65. The SMILES string of the molecule is Cc1ccc(S(=O)(=O)Cc2nnc(SC(C)C(=O)Nc3nc(C)c(C)s3)n2-c2ccccc2)cc1. The van der Waals surface area contributed by atoms with Crippen molar-refractivity contribution in [2.24, 2.45) is 0 Å². The fraction of sp³-hybridized carbons (Fsp3) is 0.250. The van der Waals surface area contributed by atoms with Crippen LogP contribution in [-0.4, -0.2) is 39.3 Å². The number of thioether (sulfide) groups is 1. The molecule has 0 bridgehead atoms. The van der Waals surface area contributed by atoms with E-state index >= 15 is 0 Å². The zero-order chi connectivity index (χ0) is 25.2. The number of para-hydroxylation sites is 1. The van der Waals surface area contributed by atoms with Crippen LogP contribution < -0.4 is 5.32 Å². The van der Waals surface area contributed by atoms with Crippen molar-refractivity contribution >= 4 is 44.0 Å². The summed E-state index contributed by atoms with van der Waals surface area (Å²) in [4.78, 5) is 18.4. The van der Waals surface area contributed by atoms with E-state index in [0.717, 1.165) is 16.1 Å². The number of amides is 1. The Hall–Kier alpha value is -3.02. The highest BCUT2D eigenvalue weighted by atomic mass is 32.2. The molecule has 2 heterocycles. The van der Waals surface area contributed by atoms with E-state index in [0.29, 0.717) is 16.0 Å². The summed E-state index contributed by atoms with van der Waals surface area (Å²) in [6.45, 7) is 7.52. The van der Waals surface area contributed by atoms with Gasteiger partial charge in [-0.15, -0.1) is 21.5 Å². The largest absolute Gasteiger partial charge is 0.301 e. The van der Waals surface area contributed by atoms with Crippen LogP contribution in [0.4, 0.5) is 5.13 Å². The first-order valence-electron chi connectivity index (χ1n) is 10.8. The summed E-state index contributed by atoms with van der Waals surface area (Å²) in [5.41, 5.74) is 2.58. The zero-order valence-electron chi connectivity index (χ0n) is 19.7. The molecule has 8 nitrogen and oxygen atoms in total. The second-order valence-corrected chi connectivity index (χ2v) is 12.6. The van der Waals surface area contributed by atoms with Crippen LogP contribution in [0.1, 0.15) is 28.9 Å². The Labute approximate surface area is 212 Å². The number of hydrogen-bond acceptors (Lipinski definition) is 8. The number of carbonyl (C=O) groups excluding carboxylic acids is 1. The fourth-order valence-electron chi connectivity index (χ4n) is 3.25. The fourth-order valence-corrected chi connectivity index (χ4v) is 6.20. The van der Waals surface area contributed by atoms with Gasteiger partial charge in [-0.3, -0.25) is 9.36 Å². The van der Waals surface area contributed by atoms with Crippen molar-refractivity contribution in [3.05, 3.63) is 76.6 Å². The van der Waals surface area contributed by atoms with Crippen molar-refractivity contribution in [2.75, 3.05) is 5.32 Å². The smallest absolute Gasteiger partial charge is 0.239 e. The van der Waals surface area contributed by atoms with E-state index in [-0.39, 0.29) is 22.4 Å². The summed E-state index contributed by atoms with van der Waals surface area (Å²) in [5, 5.41) is 11.8. The van der Waals surface area contributed by atoms with Gasteiger partial charge < -0.3 is 5.32 Å². The Morgan fingerprint density at radius 3 is 2.37 bits per heavy atom. The third kappa shape index (κ3) is 5.80. The molecule has 0 aliphatic rings. The number of aryl methyl sites for hydroxylation is 3. The molecule has 0 saturated carbocycles. The molecule has 0 radical (unpaired) electrons. The normalized spacial score (nSPS) is 12.5. The van der Waals surface area contributed by atoms with Gasteiger partial charge in [0.05, 0.1) is 15.8 Å². The van der Waals surface area contributed by atoms with Crippen molar-refractivity contribution in [1.82, 2.24) is 19.7 Å². The minimum absolute atomic E-state index is 0.222. The standard InChI is InChI=1S/C24H25N5O3S3/c1-15-10-12-20(13-11-15)35(31,32)14-21-27-28-24(29(21)19-8-6-5-7-9-19)34-18(4)22(30)26-23-25-16(2)17(3)33-23/h5-13,18H,14H2,1-4H3,(H,25,26,30). The number of thiazole rings is 1. The van der Waals surface area contributed by atoms with E-state index in [1.807, 2.05) is 51.1 Å². The monoisotopic (exact) mass is 527 g/mol. The summed E-state index contributed by atoms with van der Waals surface area (Å²) in [5.74, 6) is -0.269. The van der Waals surface area contributed by atoms with Crippen LogP contribution in [0.15, 0.2) is 64.6 Å². The summed E-state index contributed by atoms with van der Waals surface area (Å²) in [6.07, 6.45) is 0. The number of carbonyl (C=O) groups is 1. The number of nitrogens with one attached hydrogen (secondary N) is 1. The van der Waals surface area contributed by atoms with Crippen LogP contribution in [0.2, 0.25) is 0 Å². The van der Waals surface area contributed by atoms with Gasteiger partial charge in [0, 0.05) is 10.6 Å². The number of benzene rings is 2. The second kappa shape index (κ2) is 10.3.